The molecule has 76 valence electrons. The van der Waals surface area contributed by atoms with Crippen LogP contribution in [-0.2, 0) is 0 Å². The minimum atomic E-state index is 0.242. The van der Waals surface area contributed by atoms with Crippen molar-refractivity contribution in [1.82, 2.24) is 19.9 Å². The average Bonchev–Trinajstić information content (AvgIpc) is 2.20. The zero-order valence-electron chi connectivity index (χ0n) is 8.18. The van der Waals surface area contributed by atoms with Crippen molar-refractivity contribution < 1.29 is 0 Å². The largest absolute Gasteiger partial charge is 0.383 e. The minimum absolute atomic E-state index is 0.242. The van der Waals surface area contributed by atoms with E-state index in [1.807, 2.05) is 6.92 Å². The number of hydrogen-bond acceptors (Lipinski definition) is 6. The van der Waals surface area contributed by atoms with Gasteiger partial charge in [0.15, 0.2) is 0 Å². The third-order valence-corrected chi connectivity index (χ3v) is 2.03. The fourth-order valence-corrected chi connectivity index (χ4v) is 1.30. The number of rotatable bonds is 1. The number of nitrogen functional groups attached to an aromatic ring is 2. The molecule has 0 aliphatic carbocycles. The molecule has 2 heterocycles. The summed E-state index contributed by atoms with van der Waals surface area (Å²) in [6, 6.07) is 0. The van der Waals surface area contributed by atoms with Crippen LogP contribution < -0.4 is 11.5 Å². The number of hydrogen-bond donors (Lipinski definition) is 2. The van der Waals surface area contributed by atoms with Crippen LogP contribution >= 0.6 is 0 Å². The third kappa shape index (κ3) is 1.69. The lowest BCUT2D eigenvalue weighted by Crippen LogP contribution is -2.01. The van der Waals surface area contributed by atoms with E-state index in [2.05, 4.69) is 19.9 Å². The van der Waals surface area contributed by atoms with E-state index in [1.165, 1.54) is 6.33 Å². The molecular formula is C9H10N6. The normalized spacial score (nSPS) is 10.2. The van der Waals surface area contributed by atoms with Crippen LogP contribution in [0.15, 0.2) is 18.7 Å². The molecule has 0 radical (unpaired) electrons. The van der Waals surface area contributed by atoms with Gasteiger partial charge in [-0.15, -0.1) is 0 Å². The Bertz CT molecular complexity index is 496. The fraction of sp³-hybridized carbons (Fsp3) is 0.111. The van der Waals surface area contributed by atoms with E-state index >= 15 is 0 Å². The van der Waals surface area contributed by atoms with E-state index in [0.717, 1.165) is 16.8 Å². The Morgan fingerprint density at radius 1 is 1.07 bits per heavy atom. The maximum atomic E-state index is 5.72. The van der Waals surface area contributed by atoms with Crippen LogP contribution in [-0.4, -0.2) is 19.9 Å². The average molecular weight is 202 g/mol. The first-order valence-corrected chi connectivity index (χ1v) is 4.33. The summed E-state index contributed by atoms with van der Waals surface area (Å²) < 4.78 is 0. The van der Waals surface area contributed by atoms with Crippen molar-refractivity contribution in [2.45, 2.75) is 6.92 Å². The van der Waals surface area contributed by atoms with Crippen molar-refractivity contribution in [3.05, 3.63) is 24.4 Å². The molecule has 4 N–H and O–H groups in total. The lowest BCUT2D eigenvalue weighted by atomic mass is 10.1. The molecule has 0 aromatic carbocycles. The molecule has 0 fully saturated rings. The lowest BCUT2D eigenvalue weighted by Gasteiger charge is -2.06. The zero-order chi connectivity index (χ0) is 10.8. The monoisotopic (exact) mass is 202 g/mol. The molecule has 6 nitrogen and oxygen atoms in total. The molecule has 15 heavy (non-hydrogen) atoms. The van der Waals surface area contributed by atoms with Gasteiger partial charge in [-0.1, -0.05) is 0 Å². The molecule has 2 rings (SSSR count). The second kappa shape index (κ2) is 3.49. The smallest absolute Gasteiger partial charge is 0.220 e. The second-order valence-corrected chi connectivity index (χ2v) is 3.05. The van der Waals surface area contributed by atoms with Gasteiger partial charge in [-0.3, -0.25) is 0 Å². The summed E-state index contributed by atoms with van der Waals surface area (Å²) in [7, 11) is 0. The van der Waals surface area contributed by atoms with Crippen molar-refractivity contribution in [3.63, 3.8) is 0 Å². The molecule has 0 spiro atoms. The van der Waals surface area contributed by atoms with Crippen LogP contribution in [0, 0.1) is 6.92 Å². The summed E-state index contributed by atoms with van der Waals surface area (Å²) in [6.07, 6.45) is 4.64. The van der Waals surface area contributed by atoms with Crippen molar-refractivity contribution in [3.8, 4) is 11.1 Å². The standard InChI is InChI=1S/C9H10N6/c1-5-6(3-13-9(11)15-5)7-2-12-4-14-8(7)10/h2-4H,1H3,(H2,10,12,14)(H2,11,13,15). The van der Waals surface area contributed by atoms with E-state index in [-0.39, 0.29) is 5.95 Å². The SMILES string of the molecule is Cc1nc(N)ncc1-c1cncnc1N. The molecule has 0 atom stereocenters. The number of aromatic nitrogens is 4. The van der Waals surface area contributed by atoms with Gasteiger partial charge in [-0.2, -0.15) is 0 Å². The van der Waals surface area contributed by atoms with E-state index < -0.39 is 0 Å². The highest BCUT2D eigenvalue weighted by Gasteiger charge is 2.08. The van der Waals surface area contributed by atoms with E-state index in [0.29, 0.717) is 5.82 Å². The van der Waals surface area contributed by atoms with Crippen LogP contribution in [0.2, 0.25) is 0 Å². The first kappa shape index (κ1) is 9.32. The van der Waals surface area contributed by atoms with Gasteiger partial charge in [0, 0.05) is 23.5 Å². The molecule has 0 unspecified atom stereocenters. The molecule has 0 aliphatic rings. The Labute approximate surface area is 86.4 Å². The van der Waals surface area contributed by atoms with Gasteiger partial charge in [-0.05, 0) is 6.92 Å². The molecule has 0 saturated carbocycles. The maximum Gasteiger partial charge on any atom is 0.220 e. The van der Waals surface area contributed by atoms with Gasteiger partial charge in [-0.25, -0.2) is 19.9 Å². The molecular weight excluding hydrogens is 192 g/mol. The van der Waals surface area contributed by atoms with Crippen molar-refractivity contribution in [2.75, 3.05) is 11.5 Å². The fourth-order valence-electron chi connectivity index (χ4n) is 1.30. The Morgan fingerprint density at radius 3 is 2.53 bits per heavy atom. The second-order valence-electron chi connectivity index (χ2n) is 3.05. The zero-order valence-corrected chi connectivity index (χ0v) is 8.18. The summed E-state index contributed by atoms with van der Waals surface area (Å²) in [5.74, 6) is 0.646. The summed E-state index contributed by atoms with van der Waals surface area (Å²) in [5, 5.41) is 0. The lowest BCUT2D eigenvalue weighted by molar-refractivity contribution is 1.11. The van der Waals surface area contributed by atoms with E-state index in [4.69, 9.17) is 11.5 Å². The molecule has 0 saturated heterocycles. The summed E-state index contributed by atoms with van der Waals surface area (Å²) in [6.45, 7) is 1.83. The van der Waals surface area contributed by atoms with Crippen LogP contribution in [0.4, 0.5) is 11.8 Å². The predicted molar refractivity (Wildman–Crippen MR) is 56.6 cm³/mol. The molecule has 0 amide bonds. The highest BCUT2D eigenvalue weighted by atomic mass is 15.0. The molecule has 0 bridgehead atoms. The summed E-state index contributed by atoms with van der Waals surface area (Å²) in [5.41, 5.74) is 13.4. The van der Waals surface area contributed by atoms with Gasteiger partial charge in [0.2, 0.25) is 5.95 Å². The van der Waals surface area contributed by atoms with Crippen LogP contribution in [0.3, 0.4) is 0 Å². The van der Waals surface area contributed by atoms with Crippen molar-refractivity contribution in [2.24, 2.45) is 0 Å². The quantitative estimate of drug-likeness (QED) is 0.694. The number of nitrogens with zero attached hydrogens (tertiary/aromatic N) is 4. The first-order chi connectivity index (χ1) is 7.18. The molecule has 2 aromatic heterocycles. The van der Waals surface area contributed by atoms with Gasteiger partial charge < -0.3 is 11.5 Å². The molecule has 6 heteroatoms. The highest BCUT2D eigenvalue weighted by Crippen LogP contribution is 2.24. The highest BCUT2D eigenvalue weighted by molar-refractivity contribution is 5.73. The molecule has 2 aromatic rings. The van der Waals surface area contributed by atoms with E-state index in [1.54, 1.807) is 12.4 Å². The maximum absolute atomic E-state index is 5.72. The van der Waals surface area contributed by atoms with Crippen molar-refractivity contribution >= 4 is 11.8 Å². The van der Waals surface area contributed by atoms with Gasteiger partial charge in [0.1, 0.15) is 12.1 Å². The minimum Gasteiger partial charge on any atom is -0.383 e. The number of aryl methyl sites for hydroxylation is 1. The van der Waals surface area contributed by atoms with E-state index in [9.17, 15) is 0 Å². The Morgan fingerprint density at radius 2 is 1.87 bits per heavy atom. The number of anilines is 2. The first-order valence-electron chi connectivity index (χ1n) is 4.33. The van der Waals surface area contributed by atoms with Crippen LogP contribution in [0.5, 0.6) is 0 Å². The third-order valence-electron chi connectivity index (χ3n) is 2.03. The Hall–Kier alpha value is -2.24. The molecule has 0 aliphatic heterocycles. The summed E-state index contributed by atoms with van der Waals surface area (Å²) >= 11 is 0. The van der Waals surface area contributed by atoms with Gasteiger partial charge >= 0.3 is 0 Å². The topological polar surface area (TPSA) is 104 Å². The van der Waals surface area contributed by atoms with Gasteiger partial charge in [0.05, 0.1) is 5.69 Å². The van der Waals surface area contributed by atoms with Crippen LogP contribution in [0.1, 0.15) is 5.69 Å². The van der Waals surface area contributed by atoms with Gasteiger partial charge in [0.25, 0.3) is 0 Å². The Balaban J connectivity index is 2.60. The summed E-state index contributed by atoms with van der Waals surface area (Å²) in [4.78, 5) is 15.8. The predicted octanol–water partition coefficient (Wildman–Crippen LogP) is 0.406. The van der Waals surface area contributed by atoms with Crippen molar-refractivity contribution in [1.29, 1.82) is 0 Å². The van der Waals surface area contributed by atoms with Crippen LogP contribution in [0.25, 0.3) is 11.1 Å². The Kier molecular flexibility index (Phi) is 2.17. The number of nitrogens with two attached hydrogens (primary N) is 2.